The first-order valence-corrected chi connectivity index (χ1v) is 9.95. The van der Waals surface area contributed by atoms with E-state index >= 15 is 0 Å². The highest BCUT2D eigenvalue weighted by Gasteiger charge is 2.21. The van der Waals surface area contributed by atoms with E-state index in [2.05, 4.69) is 48.9 Å². The van der Waals surface area contributed by atoms with Gasteiger partial charge in [0, 0.05) is 30.2 Å². The fourth-order valence-electron chi connectivity index (χ4n) is 3.09. The third-order valence-corrected chi connectivity index (χ3v) is 5.17. The molecule has 0 spiro atoms. The third-order valence-electron chi connectivity index (χ3n) is 4.64. The number of nitrogens with zero attached hydrogens (tertiary/aromatic N) is 2. The van der Waals surface area contributed by atoms with Crippen molar-refractivity contribution in [1.29, 1.82) is 0 Å². The van der Waals surface area contributed by atoms with Gasteiger partial charge in [-0.05, 0) is 53.6 Å². The van der Waals surface area contributed by atoms with E-state index in [1.165, 1.54) is 5.56 Å². The van der Waals surface area contributed by atoms with Gasteiger partial charge in [-0.15, -0.1) is 0 Å². The second-order valence-electron chi connectivity index (χ2n) is 6.58. The highest BCUT2D eigenvalue weighted by Crippen LogP contribution is 2.27. The number of benzene rings is 2. The topological polar surface area (TPSA) is 75.6 Å². The number of halogens is 1. The van der Waals surface area contributed by atoms with Gasteiger partial charge in [-0.3, -0.25) is 9.78 Å². The average Bonchev–Trinajstić information content (AvgIpc) is 3.24. The number of hydrazone groups is 1. The fraction of sp³-hybridized carbons (Fsp3) is 0.136. The summed E-state index contributed by atoms with van der Waals surface area (Å²) in [5.41, 5.74) is 6.79. The molecule has 1 amide bonds. The summed E-state index contributed by atoms with van der Waals surface area (Å²) in [7, 11) is 1.57. The molecule has 4 rings (SSSR count). The molecule has 6 nitrogen and oxygen atoms in total. The Hall–Kier alpha value is -3.19. The van der Waals surface area contributed by atoms with Crippen molar-refractivity contribution in [2.24, 2.45) is 5.10 Å². The van der Waals surface area contributed by atoms with Crippen molar-refractivity contribution in [3.63, 3.8) is 0 Å². The van der Waals surface area contributed by atoms with Gasteiger partial charge in [0.25, 0.3) is 5.91 Å². The molecule has 29 heavy (non-hydrogen) atoms. The van der Waals surface area contributed by atoms with E-state index in [0.29, 0.717) is 17.2 Å². The molecule has 146 valence electrons. The number of hydrogen-bond donors (Lipinski definition) is 2. The summed E-state index contributed by atoms with van der Waals surface area (Å²) in [6, 6.07) is 19.5. The maximum Gasteiger partial charge on any atom is 0.269 e. The van der Waals surface area contributed by atoms with Gasteiger partial charge in [0.2, 0.25) is 0 Å². The predicted molar refractivity (Wildman–Crippen MR) is 115 cm³/mol. The van der Waals surface area contributed by atoms with Crippen LogP contribution in [0.5, 0.6) is 11.5 Å². The second kappa shape index (κ2) is 8.45. The zero-order chi connectivity index (χ0) is 20.2. The van der Waals surface area contributed by atoms with Gasteiger partial charge in [-0.1, -0.05) is 28.1 Å². The summed E-state index contributed by atoms with van der Waals surface area (Å²) in [5, 5.41) is 7.05. The van der Waals surface area contributed by atoms with Crippen LogP contribution in [-0.2, 0) is 0 Å². The molecule has 2 N–H and O–H groups in total. The van der Waals surface area contributed by atoms with Gasteiger partial charge in [0.15, 0.2) is 0 Å². The number of pyridine rings is 1. The summed E-state index contributed by atoms with van der Waals surface area (Å²) in [4.78, 5) is 15.7. The molecule has 1 atom stereocenters. The number of hydrogen-bond acceptors (Lipinski definition) is 5. The molecule has 0 saturated carbocycles. The number of aromatic nitrogens is 1. The number of rotatable bonds is 5. The first-order chi connectivity index (χ1) is 14.1. The summed E-state index contributed by atoms with van der Waals surface area (Å²) in [6.45, 7) is 0. The molecule has 1 aliphatic rings. The van der Waals surface area contributed by atoms with E-state index in [9.17, 15) is 4.79 Å². The van der Waals surface area contributed by atoms with E-state index in [1.54, 1.807) is 25.4 Å². The Labute approximate surface area is 177 Å². The largest absolute Gasteiger partial charge is 0.457 e. The molecule has 2 aromatic carbocycles. The van der Waals surface area contributed by atoms with E-state index < -0.39 is 0 Å². The molecular formula is C22H19BrN4O2. The maximum atomic E-state index is 11.7. The minimum Gasteiger partial charge on any atom is -0.457 e. The van der Waals surface area contributed by atoms with Crippen molar-refractivity contribution in [3.8, 4) is 11.5 Å². The van der Waals surface area contributed by atoms with Crippen LogP contribution in [0.15, 0.2) is 76.4 Å². The van der Waals surface area contributed by atoms with Crippen LogP contribution < -0.4 is 15.5 Å². The highest BCUT2D eigenvalue weighted by atomic mass is 79.9. The Morgan fingerprint density at radius 1 is 1.10 bits per heavy atom. The van der Waals surface area contributed by atoms with Crippen molar-refractivity contribution in [3.05, 3.63) is 88.2 Å². The normalized spacial score (nSPS) is 15.4. The van der Waals surface area contributed by atoms with Crippen LogP contribution in [0.25, 0.3) is 0 Å². The monoisotopic (exact) mass is 450 g/mol. The van der Waals surface area contributed by atoms with Crippen LogP contribution in [0, 0.1) is 0 Å². The predicted octanol–water partition coefficient (Wildman–Crippen LogP) is 4.43. The lowest BCUT2D eigenvalue weighted by Crippen LogP contribution is -2.18. The second-order valence-corrected chi connectivity index (χ2v) is 7.49. The van der Waals surface area contributed by atoms with Gasteiger partial charge in [0.1, 0.15) is 17.2 Å². The Morgan fingerprint density at radius 2 is 1.86 bits per heavy atom. The minimum atomic E-state index is -0.252. The lowest BCUT2D eigenvalue weighted by atomic mass is 9.99. The van der Waals surface area contributed by atoms with Crippen molar-refractivity contribution >= 4 is 27.5 Å². The molecule has 0 aliphatic carbocycles. The van der Waals surface area contributed by atoms with Gasteiger partial charge in [-0.2, -0.15) is 5.10 Å². The molecule has 7 heteroatoms. The molecule has 0 fully saturated rings. The first-order valence-electron chi connectivity index (χ1n) is 9.16. The molecule has 2 heterocycles. The van der Waals surface area contributed by atoms with Crippen LogP contribution in [0.3, 0.4) is 0 Å². The smallest absolute Gasteiger partial charge is 0.269 e. The van der Waals surface area contributed by atoms with Crippen LogP contribution in [0.2, 0.25) is 0 Å². The summed E-state index contributed by atoms with van der Waals surface area (Å²) in [5.74, 6) is 0.984. The highest BCUT2D eigenvalue weighted by molar-refractivity contribution is 9.10. The molecule has 1 aromatic heterocycles. The molecule has 3 aromatic rings. The molecule has 0 radical (unpaired) electrons. The quantitative estimate of drug-likeness (QED) is 0.602. The number of ether oxygens (including phenoxy) is 1. The lowest BCUT2D eigenvalue weighted by molar-refractivity contribution is 0.0958. The standard InChI is InChI=1S/C22H19BrN4O2/c1-24-22(28)21-12-18(10-11-25-21)29-17-8-4-15(5-9-17)20-13-19(26-27-20)14-2-6-16(23)7-3-14/h2-12,19,26H,13H2,1H3,(H,24,28). The van der Waals surface area contributed by atoms with Crippen LogP contribution in [-0.4, -0.2) is 23.7 Å². The van der Waals surface area contributed by atoms with Crippen molar-refractivity contribution in [2.45, 2.75) is 12.5 Å². The lowest BCUT2D eigenvalue weighted by Gasteiger charge is -2.10. The van der Waals surface area contributed by atoms with Gasteiger partial charge in [0.05, 0.1) is 11.8 Å². The van der Waals surface area contributed by atoms with Crippen LogP contribution >= 0.6 is 15.9 Å². The number of amides is 1. The third kappa shape index (κ3) is 4.46. The van der Waals surface area contributed by atoms with Gasteiger partial charge in [-0.25, -0.2) is 0 Å². The Kier molecular flexibility index (Phi) is 5.57. The summed E-state index contributed by atoms with van der Waals surface area (Å²) in [6.07, 6.45) is 2.37. The summed E-state index contributed by atoms with van der Waals surface area (Å²) >= 11 is 3.46. The van der Waals surface area contributed by atoms with Crippen LogP contribution in [0.4, 0.5) is 0 Å². The van der Waals surface area contributed by atoms with Crippen molar-refractivity contribution in [1.82, 2.24) is 15.7 Å². The minimum absolute atomic E-state index is 0.175. The van der Waals surface area contributed by atoms with E-state index in [4.69, 9.17) is 4.74 Å². The van der Waals surface area contributed by atoms with E-state index in [1.807, 2.05) is 36.4 Å². The Bertz CT molecular complexity index is 1050. The fourth-order valence-corrected chi connectivity index (χ4v) is 3.35. The van der Waals surface area contributed by atoms with Gasteiger partial charge >= 0.3 is 0 Å². The maximum absolute atomic E-state index is 11.7. The van der Waals surface area contributed by atoms with Gasteiger partial charge < -0.3 is 15.5 Å². The zero-order valence-electron chi connectivity index (χ0n) is 15.7. The molecule has 0 saturated heterocycles. The van der Waals surface area contributed by atoms with E-state index in [0.717, 1.165) is 22.2 Å². The SMILES string of the molecule is CNC(=O)c1cc(Oc2ccc(C3=NNC(c4ccc(Br)cc4)C3)cc2)ccn1. The molecule has 1 unspecified atom stereocenters. The Morgan fingerprint density at radius 3 is 2.59 bits per heavy atom. The molecule has 1 aliphatic heterocycles. The number of nitrogens with one attached hydrogen (secondary N) is 2. The van der Waals surface area contributed by atoms with E-state index in [-0.39, 0.29) is 11.9 Å². The zero-order valence-corrected chi connectivity index (χ0v) is 17.3. The first kappa shape index (κ1) is 19.1. The van der Waals surface area contributed by atoms with Crippen molar-refractivity contribution in [2.75, 3.05) is 7.05 Å². The average molecular weight is 451 g/mol. The number of carbonyl (C=O) groups is 1. The van der Waals surface area contributed by atoms with Crippen LogP contribution in [0.1, 0.15) is 34.1 Å². The number of carbonyl (C=O) groups excluding carboxylic acids is 1. The summed E-state index contributed by atoms with van der Waals surface area (Å²) < 4.78 is 6.92. The van der Waals surface area contributed by atoms with Crippen molar-refractivity contribution < 1.29 is 9.53 Å². The molecule has 0 bridgehead atoms. The Balaban J connectivity index is 1.42. The molecular weight excluding hydrogens is 432 g/mol.